The SMILES string of the molecule is CC(C(N)=O)c1ccnc(Oc2ccc(S(N)(=O)=O)cc2)n1. The summed E-state index contributed by atoms with van der Waals surface area (Å²) in [5, 5.41) is 5.00. The van der Waals surface area contributed by atoms with Crippen molar-refractivity contribution < 1.29 is 17.9 Å². The maximum atomic E-state index is 11.2. The number of primary sulfonamides is 1. The minimum atomic E-state index is -3.76. The Labute approximate surface area is 127 Å². The molecule has 9 heteroatoms. The second kappa shape index (κ2) is 6.08. The van der Waals surface area contributed by atoms with Gasteiger partial charge in [0.25, 0.3) is 0 Å². The van der Waals surface area contributed by atoms with Gasteiger partial charge in [0.2, 0.25) is 15.9 Å². The van der Waals surface area contributed by atoms with Crippen molar-refractivity contribution in [3.63, 3.8) is 0 Å². The van der Waals surface area contributed by atoms with E-state index in [1.54, 1.807) is 13.0 Å². The van der Waals surface area contributed by atoms with E-state index in [1.807, 2.05) is 0 Å². The number of ether oxygens (including phenoxy) is 1. The van der Waals surface area contributed by atoms with E-state index in [-0.39, 0.29) is 10.9 Å². The van der Waals surface area contributed by atoms with Crippen LogP contribution in [0, 0.1) is 0 Å². The topological polar surface area (TPSA) is 138 Å². The average Bonchev–Trinajstić information content (AvgIpc) is 2.46. The lowest BCUT2D eigenvalue weighted by Gasteiger charge is -2.08. The molecule has 0 saturated carbocycles. The second-order valence-electron chi connectivity index (χ2n) is 4.51. The lowest BCUT2D eigenvalue weighted by Crippen LogP contribution is -2.19. The largest absolute Gasteiger partial charge is 0.424 e. The maximum absolute atomic E-state index is 11.2. The van der Waals surface area contributed by atoms with E-state index < -0.39 is 21.8 Å². The molecule has 1 atom stereocenters. The van der Waals surface area contributed by atoms with Crippen molar-refractivity contribution in [2.24, 2.45) is 10.9 Å². The average molecular weight is 322 g/mol. The van der Waals surface area contributed by atoms with Crippen LogP contribution in [0.5, 0.6) is 11.8 Å². The molecule has 0 aliphatic carbocycles. The number of hydrogen-bond acceptors (Lipinski definition) is 6. The van der Waals surface area contributed by atoms with Gasteiger partial charge in [0, 0.05) is 6.20 Å². The molecule has 0 bridgehead atoms. The lowest BCUT2D eigenvalue weighted by atomic mass is 10.1. The number of primary amides is 1. The number of hydrogen-bond donors (Lipinski definition) is 2. The van der Waals surface area contributed by atoms with Crippen LogP contribution in [0.3, 0.4) is 0 Å². The van der Waals surface area contributed by atoms with Crippen LogP contribution < -0.4 is 15.6 Å². The maximum Gasteiger partial charge on any atom is 0.322 e. The molecule has 22 heavy (non-hydrogen) atoms. The molecule has 116 valence electrons. The molecule has 4 N–H and O–H groups in total. The van der Waals surface area contributed by atoms with E-state index in [1.165, 1.54) is 30.5 Å². The highest BCUT2D eigenvalue weighted by molar-refractivity contribution is 7.89. The van der Waals surface area contributed by atoms with E-state index in [4.69, 9.17) is 15.6 Å². The van der Waals surface area contributed by atoms with Gasteiger partial charge in [0.05, 0.1) is 16.5 Å². The molecule has 0 saturated heterocycles. The van der Waals surface area contributed by atoms with Crippen LogP contribution in [0.2, 0.25) is 0 Å². The Morgan fingerprint density at radius 2 is 1.86 bits per heavy atom. The van der Waals surface area contributed by atoms with Gasteiger partial charge in [0.15, 0.2) is 0 Å². The lowest BCUT2D eigenvalue weighted by molar-refractivity contribution is -0.119. The van der Waals surface area contributed by atoms with Crippen molar-refractivity contribution in [2.75, 3.05) is 0 Å². The third-order valence-electron chi connectivity index (χ3n) is 2.89. The van der Waals surface area contributed by atoms with E-state index in [2.05, 4.69) is 9.97 Å². The van der Waals surface area contributed by atoms with Gasteiger partial charge in [-0.05, 0) is 37.3 Å². The molecule has 8 nitrogen and oxygen atoms in total. The summed E-state index contributed by atoms with van der Waals surface area (Å²) in [5.41, 5.74) is 5.65. The smallest absolute Gasteiger partial charge is 0.322 e. The van der Waals surface area contributed by atoms with Gasteiger partial charge in [-0.15, -0.1) is 0 Å². The van der Waals surface area contributed by atoms with Crippen LogP contribution in [0.1, 0.15) is 18.5 Å². The van der Waals surface area contributed by atoms with Crippen molar-refractivity contribution in [3.05, 3.63) is 42.2 Å². The van der Waals surface area contributed by atoms with Crippen molar-refractivity contribution >= 4 is 15.9 Å². The van der Waals surface area contributed by atoms with Crippen molar-refractivity contribution in [3.8, 4) is 11.8 Å². The Balaban J connectivity index is 2.21. The monoisotopic (exact) mass is 322 g/mol. The predicted molar refractivity (Wildman–Crippen MR) is 77.5 cm³/mol. The van der Waals surface area contributed by atoms with Crippen LogP contribution in [-0.2, 0) is 14.8 Å². The normalized spacial score (nSPS) is 12.6. The van der Waals surface area contributed by atoms with Gasteiger partial charge in [0.1, 0.15) is 5.75 Å². The van der Waals surface area contributed by atoms with Crippen molar-refractivity contribution in [1.29, 1.82) is 0 Å². The first-order chi connectivity index (χ1) is 10.3. The van der Waals surface area contributed by atoms with Gasteiger partial charge in [-0.3, -0.25) is 4.79 Å². The number of carbonyl (C=O) groups is 1. The number of aromatic nitrogens is 2. The van der Waals surface area contributed by atoms with Gasteiger partial charge in [-0.2, -0.15) is 4.98 Å². The zero-order valence-corrected chi connectivity index (χ0v) is 12.4. The molecule has 1 unspecified atom stereocenters. The number of nitrogens with two attached hydrogens (primary N) is 2. The molecule has 0 spiro atoms. The fourth-order valence-electron chi connectivity index (χ4n) is 1.59. The molecule has 2 aromatic rings. The summed E-state index contributed by atoms with van der Waals surface area (Å²) in [6.45, 7) is 1.62. The summed E-state index contributed by atoms with van der Waals surface area (Å²) in [7, 11) is -3.76. The van der Waals surface area contributed by atoms with E-state index in [9.17, 15) is 13.2 Å². The van der Waals surface area contributed by atoms with Crippen LogP contribution >= 0.6 is 0 Å². The third-order valence-corrected chi connectivity index (χ3v) is 3.82. The molecule has 0 radical (unpaired) electrons. The number of nitrogens with zero attached hydrogens (tertiary/aromatic N) is 2. The number of benzene rings is 1. The first-order valence-corrected chi connectivity index (χ1v) is 7.75. The first kappa shape index (κ1) is 15.9. The highest BCUT2D eigenvalue weighted by Gasteiger charge is 2.14. The van der Waals surface area contributed by atoms with Gasteiger partial charge in [-0.1, -0.05) is 0 Å². The molecule has 1 aromatic carbocycles. The molecule has 1 amide bonds. The predicted octanol–water partition coefficient (Wildman–Crippen LogP) is 0.505. The van der Waals surface area contributed by atoms with Crippen molar-refractivity contribution in [1.82, 2.24) is 9.97 Å². The summed E-state index contributed by atoms with van der Waals surface area (Å²) in [6.07, 6.45) is 1.44. The summed E-state index contributed by atoms with van der Waals surface area (Å²) in [6, 6.07) is 7.04. The number of carbonyl (C=O) groups excluding carboxylic acids is 1. The van der Waals surface area contributed by atoms with Crippen LogP contribution in [0.4, 0.5) is 0 Å². The van der Waals surface area contributed by atoms with Gasteiger partial charge < -0.3 is 10.5 Å². The molecule has 0 fully saturated rings. The summed E-state index contributed by atoms with van der Waals surface area (Å²) in [4.78, 5) is 19.1. The number of rotatable bonds is 5. The standard InChI is InChI=1S/C13H14N4O4S/c1-8(12(14)18)11-6-7-16-13(17-11)21-9-2-4-10(5-3-9)22(15,19)20/h2-8H,1H3,(H2,14,18)(H2,15,19,20). The van der Waals surface area contributed by atoms with E-state index in [0.717, 1.165) is 0 Å². The summed E-state index contributed by atoms with van der Waals surface area (Å²) in [5.74, 6) is -0.756. The Kier molecular flexibility index (Phi) is 4.38. The molecule has 1 heterocycles. The Morgan fingerprint density at radius 1 is 1.23 bits per heavy atom. The quantitative estimate of drug-likeness (QED) is 0.822. The summed E-state index contributed by atoms with van der Waals surface area (Å²) >= 11 is 0. The fraction of sp³-hybridized carbons (Fsp3) is 0.154. The van der Waals surface area contributed by atoms with E-state index in [0.29, 0.717) is 11.4 Å². The number of sulfonamides is 1. The van der Waals surface area contributed by atoms with Crippen LogP contribution in [-0.4, -0.2) is 24.3 Å². The van der Waals surface area contributed by atoms with Crippen molar-refractivity contribution in [2.45, 2.75) is 17.7 Å². The Hall–Kier alpha value is -2.52. The number of amides is 1. The first-order valence-electron chi connectivity index (χ1n) is 6.20. The van der Waals surface area contributed by atoms with Gasteiger partial charge >= 0.3 is 6.01 Å². The van der Waals surface area contributed by atoms with Crippen LogP contribution in [0.15, 0.2) is 41.4 Å². The minimum absolute atomic E-state index is 0.0222. The highest BCUT2D eigenvalue weighted by atomic mass is 32.2. The molecular weight excluding hydrogens is 308 g/mol. The van der Waals surface area contributed by atoms with Gasteiger partial charge in [-0.25, -0.2) is 18.5 Å². The zero-order chi connectivity index (χ0) is 16.3. The minimum Gasteiger partial charge on any atom is -0.424 e. The molecular formula is C13H14N4O4S. The fourth-order valence-corrected chi connectivity index (χ4v) is 2.11. The van der Waals surface area contributed by atoms with Crippen LogP contribution in [0.25, 0.3) is 0 Å². The van der Waals surface area contributed by atoms with E-state index >= 15 is 0 Å². The second-order valence-corrected chi connectivity index (χ2v) is 6.07. The molecule has 0 aliphatic rings. The third kappa shape index (κ3) is 3.77. The molecule has 0 aliphatic heterocycles. The Bertz CT molecular complexity index is 790. The highest BCUT2D eigenvalue weighted by Crippen LogP contribution is 2.21. The molecule has 1 aromatic heterocycles. The zero-order valence-electron chi connectivity index (χ0n) is 11.6. The Morgan fingerprint density at radius 3 is 2.41 bits per heavy atom. The molecule has 2 rings (SSSR count). The summed E-state index contributed by atoms with van der Waals surface area (Å²) < 4.78 is 27.7.